The van der Waals surface area contributed by atoms with E-state index < -0.39 is 5.97 Å². The van der Waals surface area contributed by atoms with Gasteiger partial charge in [-0.3, -0.25) is 9.59 Å². The predicted octanol–water partition coefficient (Wildman–Crippen LogP) is 5.91. The molecule has 4 rings (SSSR count). The Kier molecular flexibility index (Phi) is 8.90. The van der Waals surface area contributed by atoms with Crippen molar-refractivity contribution < 1.29 is 14.7 Å². The lowest BCUT2D eigenvalue weighted by Gasteiger charge is -2.34. The molecule has 1 fully saturated rings. The molecule has 3 aromatic rings. The van der Waals surface area contributed by atoms with Gasteiger partial charge in [-0.1, -0.05) is 47.5 Å². The van der Waals surface area contributed by atoms with Gasteiger partial charge in [0.15, 0.2) is 0 Å². The lowest BCUT2D eigenvalue weighted by Crippen LogP contribution is -2.44. The molecular weight excluding hydrogens is 517 g/mol. The molecule has 0 bridgehead atoms. The third kappa shape index (κ3) is 6.59. The number of halogens is 2. The number of likely N-dealkylation sites (tertiary alicyclic amines) is 1. The lowest BCUT2D eigenvalue weighted by atomic mass is 10.0. The number of likely N-dealkylation sites (N-methyl/N-ethyl adjacent to an activating group) is 1. The number of carboxylic acid groups (broad SMARTS) is 1. The van der Waals surface area contributed by atoms with Gasteiger partial charge in [-0.2, -0.15) is 11.3 Å². The standard InChI is InChI=1S/C27H29Cl2N3O3S/c1-30(26(33)16-32(17-27(34)35)22-8-9-23(28)24(29)14-22)25(15-31-11-2-3-12-31)20-6-4-19(5-7-20)21-10-13-36-18-21/h4-10,13-14,18,25H,2-3,11-12,15-17H2,1H3,(H,34,35). The van der Waals surface area contributed by atoms with Crippen LogP contribution in [0.1, 0.15) is 24.4 Å². The number of benzene rings is 2. The maximum absolute atomic E-state index is 13.5. The molecule has 0 saturated carbocycles. The summed E-state index contributed by atoms with van der Waals surface area (Å²) < 4.78 is 0. The molecule has 2 heterocycles. The second-order valence-corrected chi connectivity index (χ2v) is 10.6. The largest absolute Gasteiger partial charge is 0.480 e. The minimum Gasteiger partial charge on any atom is -0.480 e. The molecule has 1 atom stereocenters. The molecule has 1 aliphatic rings. The van der Waals surface area contributed by atoms with E-state index in [1.165, 1.54) is 10.5 Å². The van der Waals surface area contributed by atoms with Crippen LogP contribution in [0.25, 0.3) is 11.1 Å². The van der Waals surface area contributed by atoms with Gasteiger partial charge < -0.3 is 19.8 Å². The zero-order valence-corrected chi connectivity index (χ0v) is 22.4. The first kappa shape index (κ1) is 26.5. The summed E-state index contributed by atoms with van der Waals surface area (Å²) in [6.07, 6.45) is 2.32. The summed E-state index contributed by atoms with van der Waals surface area (Å²) >= 11 is 13.9. The molecule has 1 amide bonds. The molecule has 0 aliphatic carbocycles. The van der Waals surface area contributed by atoms with E-state index in [9.17, 15) is 14.7 Å². The Balaban J connectivity index is 1.56. The average Bonchev–Trinajstić information content (AvgIpc) is 3.58. The summed E-state index contributed by atoms with van der Waals surface area (Å²) in [5.74, 6) is -1.21. The molecule has 2 aromatic carbocycles. The van der Waals surface area contributed by atoms with Crippen LogP contribution in [-0.2, 0) is 9.59 Å². The summed E-state index contributed by atoms with van der Waals surface area (Å²) in [7, 11) is 1.80. The van der Waals surface area contributed by atoms with E-state index in [0.717, 1.165) is 43.6 Å². The second-order valence-electron chi connectivity index (χ2n) is 9.01. The molecule has 36 heavy (non-hydrogen) atoms. The molecule has 1 saturated heterocycles. The third-order valence-corrected chi connectivity index (χ3v) is 7.98. The van der Waals surface area contributed by atoms with Gasteiger partial charge in [0.05, 0.1) is 22.6 Å². The lowest BCUT2D eigenvalue weighted by molar-refractivity contribution is -0.135. The Hall–Kier alpha value is -2.58. The molecule has 1 unspecified atom stereocenters. The van der Waals surface area contributed by atoms with Crippen LogP contribution in [0.3, 0.4) is 0 Å². The van der Waals surface area contributed by atoms with Gasteiger partial charge in [0.25, 0.3) is 0 Å². The Bertz CT molecular complexity index is 1180. The number of hydrogen-bond donors (Lipinski definition) is 1. The van der Waals surface area contributed by atoms with Crippen molar-refractivity contribution in [2.24, 2.45) is 0 Å². The number of rotatable bonds is 10. The van der Waals surface area contributed by atoms with Gasteiger partial charge in [-0.15, -0.1) is 0 Å². The number of thiophene rings is 1. The highest BCUT2D eigenvalue weighted by Crippen LogP contribution is 2.29. The fourth-order valence-corrected chi connectivity index (χ4v) is 5.48. The van der Waals surface area contributed by atoms with Crippen LogP contribution >= 0.6 is 34.5 Å². The van der Waals surface area contributed by atoms with Crippen molar-refractivity contribution in [2.75, 3.05) is 44.7 Å². The zero-order valence-electron chi connectivity index (χ0n) is 20.1. The second kappa shape index (κ2) is 12.1. The number of aliphatic carboxylic acids is 1. The number of amides is 1. The molecule has 6 nitrogen and oxygen atoms in total. The summed E-state index contributed by atoms with van der Waals surface area (Å²) in [5, 5.41) is 14.3. The Morgan fingerprint density at radius 2 is 1.72 bits per heavy atom. The Morgan fingerprint density at radius 1 is 1.00 bits per heavy atom. The van der Waals surface area contributed by atoms with E-state index in [1.807, 2.05) is 0 Å². The van der Waals surface area contributed by atoms with Crippen molar-refractivity contribution in [1.29, 1.82) is 0 Å². The molecule has 9 heteroatoms. The number of hydrogen-bond acceptors (Lipinski definition) is 5. The molecule has 0 spiro atoms. The van der Waals surface area contributed by atoms with Crippen molar-refractivity contribution in [2.45, 2.75) is 18.9 Å². The molecule has 1 aromatic heterocycles. The Labute approximate surface area is 225 Å². The maximum Gasteiger partial charge on any atom is 0.323 e. The summed E-state index contributed by atoms with van der Waals surface area (Å²) in [5.41, 5.74) is 3.90. The maximum atomic E-state index is 13.5. The van der Waals surface area contributed by atoms with E-state index in [1.54, 1.807) is 41.5 Å². The van der Waals surface area contributed by atoms with Crippen LogP contribution in [0.4, 0.5) is 5.69 Å². The number of carboxylic acids is 1. The van der Waals surface area contributed by atoms with Crippen LogP contribution in [-0.4, -0.2) is 66.6 Å². The first-order valence-corrected chi connectivity index (χ1v) is 13.5. The highest BCUT2D eigenvalue weighted by Gasteiger charge is 2.27. The SMILES string of the molecule is CN(C(=O)CN(CC(=O)O)c1ccc(Cl)c(Cl)c1)C(CN1CCCC1)c1ccc(-c2ccsc2)cc1. The summed E-state index contributed by atoms with van der Waals surface area (Å²) in [4.78, 5) is 30.7. The fourth-order valence-electron chi connectivity index (χ4n) is 4.52. The highest BCUT2D eigenvalue weighted by molar-refractivity contribution is 7.08. The van der Waals surface area contributed by atoms with E-state index in [-0.39, 0.29) is 25.0 Å². The van der Waals surface area contributed by atoms with Gasteiger partial charge >= 0.3 is 5.97 Å². The minimum atomic E-state index is -1.03. The topological polar surface area (TPSA) is 64.1 Å². The molecule has 1 aliphatic heterocycles. The van der Waals surface area contributed by atoms with Gasteiger partial charge in [-0.25, -0.2) is 0 Å². The quantitative estimate of drug-likeness (QED) is 0.343. The molecule has 1 N–H and O–H groups in total. The van der Waals surface area contributed by atoms with Crippen molar-refractivity contribution in [3.63, 3.8) is 0 Å². The third-order valence-electron chi connectivity index (χ3n) is 6.56. The normalized spacial score (nSPS) is 14.5. The number of anilines is 1. The number of nitrogens with zero attached hydrogens (tertiary/aromatic N) is 3. The van der Waals surface area contributed by atoms with Crippen molar-refractivity contribution >= 4 is 52.1 Å². The van der Waals surface area contributed by atoms with Gasteiger partial charge in [0.2, 0.25) is 5.91 Å². The number of carbonyl (C=O) groups is 2. The van der Waals surface area contributed by atoms with Crippen LogP contribution in [0.5, 0.6) is 0 Å². The summed E-state index contributed by atoms with van der Waals surface area (Å²) in [6, 6.07) is 15.2. The van der Waals surface area contributed by atoms with Crippen molar-refractivity contribution in [3.05, 3.63) is 74.9 Å². The first-order valence-electron chi connectivity index (χ1n) is 11.8. The summed E-state index contributed by atoms with van der Waals surface area (Å²) in [6.45, 7) is 2.33. The first-order chi connectivity index (χ1) is 17.3. The smallest absolute Gasteiger partial charge is 0.323 e. The van der Waals surface area contributed by atoms with E-state index in [2.05, 4.69) is 46.0 Å². The van der Waals surface area contributed by atoms with Crippen LogP contribution in [0.15, 0.2) is 59.3 Å². The fraction of sp³-hybridized carbons (Fsp3) is 0.333. The monoisotopic (exact) mass is 545 g/mol. The van der Waals surface area contributed by atoms with Gasteiger partial charge in [0, 0.05) is 19.3 Å². The van der Waals surface area contributed by atoms with Crippen LogP contribution < -0.4 is 4.90 Å². The van der Waals surface area contributed by atoms with Crippen LogP contribution in [0.2, 0.25) is 10.0 Å². The van der Waals surface area contributed by atoms with E-state index in [4.69, 9.17) is 23.2 Å². The minimum absolute atomic E-state index is 0.0930. The predicted molar refractivity (Wildman–Crippen MR) is 147 cm³/mol. The Morgan fingerprint density at radius 3 is 2.33 bits per heavy atom. The molecule has 0 radical (unpaired) electrons. The van der Waals surface area contributed by atoms with Crippen molar-refractivity contribution in [1.82, 2.24) is 9.80 Å². The molecular formula is C27H29Cl2N3O3S. The van der Waals surface area contributed by atoms with Crippen LogP contribution in [0, 0.1) is 0 Å². The average molecular weight is 547 g/mol. The molecule has 190 valence electrons. The highest BCUT2D eigenvalue weighted by atomic mass is 35.5. The van der Waals surface area contributed by atoms with E-state index >= 15 is 0 Å². The van der Waals surface area contributed by atoms with Gasteiger partial charge in [-0.05, 0) is 77.6 Å². The zero-order chi connectivity index (χ0) is 25.7. The number of carbonyl (C=O) groups excluding carboxylic acids is 1. The van der Waals surface area contributed by atoms with Gasteiger partial charge in [0.1, 0.15) is 6.54 Å². The van der Waals surface area contributed by atoms with Crippen molar-refractivity contribution in [3.8, 4) is 11.1 Å². The van der Waals surface area contributed by atoms with E-state index in [0.29, 0.717) is 15.7 Å².